The Morgan fingerprint density at radius 1 is 1.09 bits per heavy atom. The van der Waals surface area contributed by atoms with Gasteiger partial charge in [0.2, 0.25) is 0 Å². The summed E-state index contributed by atoms with van der Waals surface area (Å²) in [6.07, 6.45) is 3.18. The summed E-state index contributed by atoms with van der Waals surface area (Å²) < 4.78 is 21.4. The Hall–Kier alpha value is -4.20. The molecule has 35 heavy (non-hydrogen) atoms. The smallest absolute Gasteiger partial charge is 0.305 e. The molecule has 4 rings (SSSR count). The van der Waals surface area contributed by atoms with Crippen molar-refractivity contribution in [3.8, 4) is 11.4 Å². The zero-order valence-corrected chi connectivity index (χ0v) is 19.3. The van der Waals surface area contributed by atoms with Crippen molar-refractivity contribution in [2.24, 2.45) is 0 Å². The van der Waals surface area contributed by atoms with Crippen LogP contribution >= 0.6 is 0 Å². The Kier molecular flexibility index (Phi) is 7.40. The van der Waals surface area contributed by atoms with E-state index in [4.69, 9.17) is 9.84 Å². The Morgan fingerprint density at radius 3 is 2.51 bits per heavy atom. The molecule has 0 fully saturated rings. The van der Waals surface area contributed by atoms with E-state index < -0.39 is 5.97 Å². The summed E-state index contributed by atoms with van der Waals surface area (Å²) in [4.78, 5) is 22.8. The number of halogens is 1. The number of carbonyl (C=O) groups excluding carboxylic acids is 1. The van der Waals surface area contributed by atoms with E-state index in [0.717, 1.165) is 29.5 Å². The van der Waals surface area contributed by atoms with Gasteiger partial charge in [0.25, 0.3) is 5.91 Å². The van der Waals surface area contributed by atoms with Gasteiger partial charge in [0.15, 0.2) is 0 Å². The fourth-order valence-electron chi connectivity index (χ4n) is 3.76. The molecule has 0 aliphatic heterocycles. The molecule has 180 valence electrons. The maximum Gasteiger partial charge on any atom is 0.305 e. The number of ether oxygens (including phenoxy) is 1. The van der Waals surface area contributed by atoms with E-state index in [0.29, 0.717) is 16.8 Å². The molecule has 7 nitrogen and oxygen atoms in total. The molecule has 1 heterocycles. The number of hydrogen-bond acceptors (Lipinski definition) is 4. The van der Waals surface area contributed by atoms with Crippen LogP contribution in [0, 0.1) is 5.82 Å². The number of hydrogen-bond donors (Lipinski definition) is 2. The minimum absolute atomic E-state index is 0.0823. The average Bonchev–Trinajstić information content (AvgIpc) is 3.27. The maximum absolute atomic E-state index is 13.5. The first kappa shape index (κ1) is 23.9. The fraction of sp³-hybridized carbons (Fsp3) is 0.222. The van der Waals surface area contributed by atoms with E-state index in [9.17, 15) is 14.0 Å². The molecule has 1 aromatic heterocycles. The van der Waals surface area contributed by atoms with E-state index in [1.165, 1.54) is 12.1 Å². The minimum atomic E-state index is -0.957. The largest absolute Gasteiger partial charge is 0.486 e. The quantitative estimate of drug-likeness (QED) is 0.325. The first-order valence-electron chi connectivity index (χ1n) is 11.4. The van der Waals surface area contributed by atoms with Crippen molar-refractivity contribution in [2.45, 2.75) is 32.3 Å². The van der Waals surface area contributed by atoms with Crippen LogP contribution in [0.5, 0.6) is 5.75 Å². The molecule has 3 aromatic carbocycles. The van der Waals surface area contributed by atoms with Crippen LogP contribution in [0.1, 0.15) is 48.2 Å². The zero-order chi connectivity index (χ0) is 24.8. The van der Waals surface area contributed by atoms with Gasteiger partial charge in [-0.2, -0.15) is 5.10 Å². The number of fused-ring (bicyclic) bond motifs is 1. The summed E-state index contributed by atoms with van der Waals surface area (Å²) in [7, 11) is 0. The van der Waals surface area contributed by atoms with Crippen LogP contribution in [0.4, 0.5) is 4.39 Å². The molecule has 1 atom stereocenters. The van der Waals surface area contributed by atoms with Crippen LogP contribution in [-0.2, 0) is 4.79 Å². The predicted molar refractivity (Wildman–Crippen MR) is 130 cm³/mol. The van der Waals surface area contributed by atoms with Crippen LogP contribution in [0.15, 0.2) is 72.9 Å². The average molecular weight is 476 g/mol. The zero-order valence-electron chi connectivity index (χ0n) is 19.3. The highest BCUT2D eigenvalue weighted by Gasteiger charge is 2.15. The summed E-state index contributed by atoms with van der Waals surface area (Å²) in [5.74, 6) is -0.864. The number of rotatable bonds is 10. The highest BCUT2D eigenvalue weighted by molar-refractivity contribution is 5.94. The summed E-state index contributed by atoms with van der Waals surface area (Å²) in [6, 6.07) is 19.2. The van der Waals surface area contributed by atoms with Crippen molar-refractivity contribution in [2.75, 3.05) is 6.54 Å². The van der Waals surface area contributed by atoms with Crippen LogP contribution in [0.25, 0.3) is 16.6 Å². The Balaban J connectivity index is 1.44. The normalized spacial score (nSPS) is 11.8. The van der Waals surface area contributed by atoms with Gasteiger partial charge in [-0.3, -0.25) is 9.59 Å². The Labute approximate surface area is 202 Å². The molecule has 0 aliphatic carbocycles. The summed E-state index contributed by atoms with van der Waals surface area (Å²) in [6.45, 7) is 2.16. The monoisotopic (exact) mass is 475 g/mol. The van der Waals surface area contributed by atoms with Crippen molar-refractivity contribution in [1.82, 2.24) is 15.1 Å². The highest BCUT2D eigenvalue weighted by Crippen LogP contribution is 2.27. The molecular weight excluding hydrogens is 449 g/mol. The van der Waals surface area contributed by atoms with E-state index in [1.54, 1.807) is 29.1 Å². The van der Waals surface area contributed by atoms with Crippen molar-refractivity contribution in [3.05, 3.63) is 89.9 Å². The molecule has 0 saturated heterocycles. The second-order valence-corrected chi connectivity index (χ2v) is 8.19. The molecule has 0 aliphatic rings. The van der Waals surface area contributed by atoms with E-state index >= 15 is 0 Å². The summed E-state index contributed by atoms with van der Waals surface area (Å²) >= 11 is 0. The lowest BCUT2D eigenvalue weighted by Gasteiger charge is -2.19. The van der Waals surface area contributed by atoms with Gasteiger partial charge >= 0.3 is 5.97 Å². The van der Waals surface area contributed by atoms with Crippen molar-refractivity contribution in [1.29, 1.82) is 0 Å². The van der Waals surface area contributed by atoms with Crippen LogP contribution < -0.4 is 10.1 Å². The molecule has 8 heteroatoms. The third-order valence-corrected chi connectivity index (χ3v) is 5.57. The van der Waals surface area contributed by atoms with Gasteiger partial charge in [-0.25, -0.2) is 9.07 Å². The molecular formula is C27H26FN3O4. The van der Waals surface area contributed by atoms with Gasteiger partial charge in [0, 0.05) is 23.7 Å². The number of benzene rings is 3. The second kappa shape index (κ2) is 10.8. The minimum Gasteiger partial charge on any atom is -0.486 e. The number of nitrogens with zero attached hydrogens (tertiary/aromatic N) is 2. The Morgan fingerprint density at radius 2 is 1.83 bits per heavy atom. The van der Waals surface area contributed by atoms with Gasteiger partial charge in [-0.15, -0.1) is 0 Å². The third kappa shape index (κ3) is 6.03. The number of amides is 1. The number of aromatic nitrogens is 2. The third-order valence-electron chi connectivity index (χ3n) is 5.57. The van der Waals surface area contributed by atoms with Crippen molar-refractivity contribution < 1.29 is 23.8 Å². The standard InChI is InChI=1S/C27H26FN3O4/c1-2-3-25(18-4-6-19(7-5-18)27(34)29-15-14-26(32)33)35-23-11-9-22(10-12-23)31-17-20-16-21(28)8-13-24(20)30-31/h4-13,16-17,25H,2-3,14-15H2,1H3,(H,29,34)(H,32,33). The first-order chi connectivity index (χ1) is 16.9. The number of carbonyl (C=O) groups is 2. The topological polar surface area (TPSA) is 93.5 Å². The SMILES string of the molecule is CCCC(Oc1ccc(-n2cc3cc(F)ccc3n2)cc1)c1ccc(C(=O)NCCC(=O)O)cc1. The lowest BCUT2D eigenvalue weighted by molar-refractivity contribution is -0.136. The molecule has 0 bridgehead atoms. The molecule has 0 spiro atoms. The number of carboxylic acids is 1. The molecule has 1 unspecified atom stereocenters. The molecule has 4 aromatic rings. The van der Waals surface area contributed by atoms with E-state index in [1.807, 2.05) is 36.4 Å². The Bertz CT molecular complexity index is 1320. The maximum atomic E-state index is 13.5. The van der Waals surface area contributed by atoms with E-state index in [-0.39, 0.29) is 30.8 Å². The van der Waals surface area contributed by atoms with Gasteiger partial charge in [0.05, 0.1) is 17.6 Å². The van der Waals surface area contributed by atoms with Crippen LogP contribution in [-0.4, -0.2) is 33.3 Å². The van der Waals surface area contributed by atoms with Crippen LogP contribution in [0.3, 0.4) is 0 Å². The number of carboxylic acid groups (broad SMARTS) is 1. The lowest BCUT2D eigenvalue weighted by Crippen LogP contribution is -2.26. The lowest BCUT2D eigenvalue weighted by atomic mass is 10.0. The molecule has 2 N–H and O–H groups in total. The van der Waals surface area contributed by atoms with Gasteiger partial charge in [0.1, 0.15) is 17.7 Å². The van der Waals surface area contributed by atoms with Crippen LogP contribution in [0.2, 0.25) is 0 Å². The van der Waals surface area contributed by atoms with E-state index in [2.05, 4.69) is 17.3 Å². The predicted octanol–water partition coefficient (Wildman–Crippen LogP) is 5.29. The van der Waals surface area contributed by atoms with Gasteiger partial charge in [-0.1, -0.05) is 25.5 Å². The first-order valence-corrected chi connectivity index (χ1v) is 11.4. The second-order valence-electron chi connectivity index (χ2n) is 8.19. The number of nitrogens with one attached hydrogen (secondary N) is 1. The summed E-state index contributed by atoms with van der Waals surface area (Å²) in [5, 5.41) is 16.5. The molecule has 1 amide bonds. The van der Waals surface area contributed by atoms with Gasteiger partial charge in [-0.05, 0) is 66.6 Å². The number of aliphatic carboxylic acids is 1. The summed E-state index contributed by atoms with van der Waals surface area (Å²) in [5.41, 5.74) is 2.96. The molecule has 0 saturated carbocycles. The molecule has 0 radical (unpaired) electrons. The fourth-order valence-corrected chi connectivity index (χ4v) is 3.76. The van der Waals surface area contributed by atoms with Crippen molar-refractivity contribution in [3.63, 3.8) is 0 Å². The van der Waals surface area contributed by atoms with Crippen molar-refractivity contribution >= 4 is 22.8 Å². The highest BCUT2D eigenvalue weighted by atomic mass is 19.1. The van der Waals surface area contributed by atoms with Gasteiger partial charge < -0.3 is 15.2 Å².